The number of aromatic nitrogens is 1. The van der Waals surface area contributed by atoms with E-state index in [0.717, 1.165) is 22.0 Å². The zero-order valence-electron chi connectivity index (χ0n) is 11.0. The highest BCUT2D eigenvalue weighted by Gasteiger charge is 2.40. The second-order valence-electron chi connectivity index (χ2n) is 5.03. The topological polar surface area (TPSA) is 85.2 Å². The molecule has 3 rings (SSSR count). The standard InChI is InChI=1S/C14H14N2O4/c1-20-13(17)6-10-9-3-2-4-11-14(9)8(7-15-11)5-12(10)16(18)19/h2-4,7,10,12,15H,5-6H2,1H3/t10-,12-/m0/s1. The first-order valence-corrected chi connectivity index (χ1v) is 6.41. The van der Waals surface area contributed by atoms with E-state index in [4.69, 9.17) is 0 Å². The average molecular weight is 274 g/mol. The van der Waals surface area contributed by atoms with Crippen molar-refractivity contribution in [2.45, 2.75) is 24.8 Å². The number of carbonyl (C=O) groups is 1. The number of hydrogen-bond donors (Lipinski definition) is 1. The van der Waals surface area contributed by atoms with Crippen LogP contribution < -0.4 is 0 Å². The Morgan fingerprint density at radius 1 is 1.55 bits per heavy atom. The lowest BCUT2D eigenvalue weighted by Gasteiger charge is -2.25. The Bertz CT molecular complexity index is 692. The molecular weight excluding hydrogens is 260 g/mol. The molecule has 20 heavy (non-hydrogen) atoms. The monoisotopic (exact) mass is 274 g/mol. The number of hydrogen-bond acceptors (Lipinski definition) is 4. The van der Waals surface area contributed by atoms with Gasteiger partial charge in [0.15, 0.2) is 0 Å². The second kappa shape index (κ2) is 4.63. The number of carbonyl (C=O) groups excluding carboxylic acids is 1. The number of nitrogens with zero attached hydrogens (tertiary/aromatic N) is 1. The van der Waals surface area contributed by atoms with Gasteiger partial charge in [0.25, 0.3) is 0 Å². The summed E-state index contributed by atoms with van der Waals surface area (Å²) in [7, 11) is 1.30. The van der Waals surface area contributed by atoms with Gasteiger partial charge in [-0.3, -0.25) is 14.9 Å². The Labute approximate surface area is 114 Å². The summed E-state index contributed by atoms with van der Waals surface area (Å²) in [5, 5.41) is 12.3. The highest BCUT2D eigenvalue weighted by molar-refractivity contribution is 5.89. The van der Waals surface area contributed by atoms with Crippen molar-refractivity contribution in [2.24, 2.45) is 0 Å². The molecule has 104 valence electrons. The van der Waals surface area contributed by atoms with Gasteiger partial charge in [-0.15, -0.1) is 0 Å². The summed E-state index contributed by atoms with van der Waals surface area (Å²) in [5.74, 6) is -0.859. The molecule has 6 nitrogen and oxygen atoms in total. The fourth-order valence-electron chi connectivity index (χ4n) is 3.06. The molecule has 1 N–H and O–H groups in total. The minimum absolute atomic E-state index is 0.0336. The minimum Gasteiger partial charge on any atom is -0.469 e. The summed E-state index contributed by atoms with van der Waals surface area (Å²) in [6, 6.07) is 4.86. The first kappa shape index (κ1) is 12.7. The van der Waals surface area contributed by atoms with Crippen molar-refractivity contribution in [1.29, 1.82) is 0 Å². The predicted octanol–water partition coefficient (Wildman–Crippen LogP) is 2.02. The van der Waals surface area contributed by atoms with Gasteiger partial charge in [-0.05, 0) is 17.2 Å². The minimum atomic E-state index is -0.789. The van der Waals surface area contributed by atoms with Crippen molar-refractivity contribution in [3.63, 3.8) is 0 Å². The third-order valence-corrected chi connectivity index (χ3v) is 4.00. The Morgan fingerprint density at radius 2 is 2.35 bits per heavy atom. The van der Waals surface area contributed by atoms with Crippen LogP contribution in [0.3, 0.4) is 0 Å². The fraction of sp³-hybridized carbons (Fsp3) is 0.357. The van der Waals surface area contributed by atoms with Gasteiger partial charge in [0, 0.05) is 28.4 Å². The van der Waals surface area contributed by atoms with Crippen LogP contribution >= 0.6 is 0 Å². The lowest BCUT2D eigenvalue weighted by molar-refractivity contribution is -0.526. The highest BCUT2D eigenvalue weighted by Crippen LogP contribution is 2.39. The molecule has 1 aliphatic rings. The third kappa shape index (κ3) is 1.84. The molecule has 0 aliphatic heterocycles. The van der Waals surface area contributed by atoms with Crippen LogP contribution in [0.4, 0.5) is 0 Å². The second-order valence-corrected chi connectivity index (χ2v) is 5.03. The van der Waals surface area contributed by atoms with Gasteiger partial charge in [0.05, 0.1) is 19.4 Å². The van der Waals surface area contributed by atoms with Gasteiger partial charge < -0.3 is 9.72 Å². The fourth-order valence-corrected chi connectivity index (χ4v) is 3.06. The van der Waals surface area contributed by atoms with Crippen LogP contribution in [-0.2, 0) is 16.0 Å². The molecule has 0 saturated heterocycles. The summed E-state index contributed by atoms with van der Waals surface area (Å²) in [6.45, 7) is 0. The summed E-state index contributed by atoms with van der Waals surface area (Å²) in [4.78, 5) is 25.7. The van der Waals surface area contributed by atoms with E-state index >= 15 is 0 Å². The lowest BCUT2D eigenvalue weighted by atomic mass is 9.78. The summed E-state index contributed by atoms with van der Waals surface area (Å²) in [6.07, 6.45) is 2.19. The lowest BCUT2D eigenvalue weighted by Crippen LogP contribution is -2.34. The number of benzene rings is 1. The van der Waals surface area contributed by atoms with Gasteiger partial charge in [-0.1, -0.05) is 12.1 Å². The van der Waals surface area contributed by atoms with Crippen LogP contribution in [0, 0.1) is 10.1 Å². The van der Waals surface area contributed by atoms with Crippen molar-refractivity contribution in [3.8, 4) is 0 Å². The number of aromatic amines is 1. The first-order chi connectivity index (χ1) is 9.61. The van der Waals surface area contributed by atoms with Crippen LogP contribution in [0.5, 0.6) is 0 Å². The zero-order chi connectivity index (χ0) is 14.3. The van der Waals surface area contributed by atoms with Crippen molar-refractivity contribution >= 4 is 16.9 Å². The maximum Gasteiger partial charge on any atom is 0.306 e. The van der Waals surface area contributed by atoms with E-state index < -0.39 is 17.9 Å². The molecule has 0 fully saturated rings. The van der Waals surface area contributed by atoms with Gasteiger partial charge in [-0.2, -0.15) is 0 Å². The average Bonchev–Trinajstić information content (AvgIpc) is 2.85. The molecule has 0 unspecified atom stereocenters. The van der Waals surface area contributed by atoms with Crippen LogP contribution in [0.1, 0.15) is 23.5 Å². The number of methoxy groups -OCH3 is 1. The van der Waals surface area contributed by atoms with Gasteiger partial charge in [0.1, 0.15) is 0 Å². The largest absolute Gasteiger partial charge is 0.469 e. The number of nitro groups is 1. The zero-order valence-corrected chi connectivity index (χ0v) is 11.0. The molecule has 1 heterocycles. The predicted molar refractivity (Wildman–Crippen MR) is 72.2 cm³/mol. The molecule has 1 aliphatic carbocycles. The maximum atomic E-state index is 11.6. The molecule has 0 bridgehead atoms. The molecule has 0 amide bonds. The van der Waals surface area contributed by atoms with Gasteiger partial charge >= 0.3 is 5.97 Å². The highest BCUT2D eigenvalue weighted by atomic mass is 16.6. The smallest absolute Gasteiger partial charge is 0.306 e. The number of rotatable bonds is 3. The Hall–Kier alpha value is -2.37. The van der Waals surface area contributed by atoms with Crippen molar-refractivity contribution in [2.75, 3.05) is 7.11 Å². The molecule has 0 spiro atoms. The van der Waals surface area contributed by atoms with Gasteiger partial charge in [0.2, 0.25) is 6.04 Å². The molecule has 2 aromatic rings. The van der Waals surface area contributed by atoms with E-state index in [2.05, 4.69) is 9.72 Å². The quantitative estimate of drug-likeness (QED) is 0.527. The molecule has 0 saturated carbocycles. The van der Waals surface area contributed by atoms with E-state index in [-0.39, 0.29) is 11.3 Å². The Morgan fingerprint density at radius 3 is 3.05 bits per heavy atom. The van der Waals surface area contributed by atoms with E-state index in [1.807, 2.05) is 24.4 Å². The molecular formula is C14H14N2O4. The molecule has 0 radical (unpaired) electrons. The summed E-state index contributed by atoms with van der Waals surface area (Å²) < 4.78 is 4.68. The SMILES string of the molecule is COC(=O)C[C@H]1c2cccc3[nH]cc(c23)C[C@@H]1[N+](=O)[O-]. The molecule has 1 aromatic heterocycles. The van der Waals surface area contributed by atoms with Crippen molar-refractivity contribution in [3.05, 3.63) is 45.6 Å². The van der Waals surface area contributed by atoms with Crippen molar-refractivity contribution < 1.29 is 14.5 Å². The molecule has 2 atom stereocenters. The number of esters is 1. The van der Waals surface area contributed by atoms with Crippen LogP contribution in [0.25, 0.3) is 10.9 Å². The van der Waals surface area contributed by atoms with E-state index in [0.29, 0.717) is 6.42 Å². The molecule has 6 heteroatoms. The maximum absolute atomic E-state index is 11.6. The first-order valence-electron chi connectivity index (χ1n) is 6.41. The number of nitrogens with one attached hydrogen (secondary N) is 1. The Kier molecular flexibility index (Phi) is 2.93. The number of H-pyrrole nitrogens is 1. The van der Waals surface area contributed by atoms with Crippen LogP contribution in [0.2, 0.25) is 0 Å². The van der Waals surface area contributed by atoms with Crippen LogP contribution in [-0.4, -0.2) is 29.0 Å². The van der Waals surface area contributed by atoms with E-state index in [1.54, 1.807) is 0 Å². The third-order valence-electron chi connectivity index (χ3n) is 4.00. The van der Waals surface area contributed by atoms with Crippen LogP contribution in [0.15, 0.2) is 24.4 Å². The number of ether oxygens (including phenoxy) is 1. The Balaban J connectivity index is 2.13. The van der Waals surface area contributed by atoms with E-state index in [1.165, 1.54) is 7.11 Å². The summed E-state index contributed by atoms with van der Waals surface area (Å²) in [5.41, 5.74) is 2.75. The summed E-state index contributed by atoms with van der Waals surface area (Å²) >= 11 is 0. The normalized spacial score (nSPS) is 20.9. The van der Waals surface area contributed by atoms with Crippen molar-refractivity contribution in [1.82, 2.24) is 4.98 Å². The van der Waals surface area contributed by atoms with Gasteiger partial charge in [-0.25, -0.2) is 0 Å². The van der Waals surface area contributed by atoms with E-state index in [9.17, 15) is 14.9 Å². The molecule has 1 aromatic carbocycles.